The number of benzene rings is 2. The lowest BCUT2D eigenvalue weighted by atomic mass is 9.98. The number of nitro benzene ring substituents is 1. The largest absolute Gasteiger partial charge is 0.495 e. The molecule has 180 valence electrons. The number of allylic oxidation sites excluding steroid dienone is 1. The van der Waals surface area contributed by atoms with Crippen LogP contribution in [0.3, 0.4) is 0 Å². The minimum atomic E-state index is -0.670. The third kappa shape index (κ3) is 4.13. The maximum Gasteiger partial charge on any atom is 0.269 e. The number of nitrogens with zero attached hydrogens (tertiary/aromatic N) is 5. The zero-order valence-corrected chi connectivity index (χ0v) is 19.4. The fourth-order valence-corrected chi connectivity index (χ4v) is 4.05. The molecule has 36 heavy (non-hydrogen) atoms. The molecular weight excluding hydrogens is 462 g/mol. The van der Waals surface area contributed by atoms with Gasteiger partial charge in [0.1, 0.15) is 11.8 Å². The van der Waals surface area contributed by atoms with Crippen LogP contribution in [0.25, 0.3) is 11.4 Å². The van der Waals surface area contributed by atoms with Gasteiger partial charge in [0.15, 0.2) is 5.82 Å². The molecule has 1 unspecified atom stereocenters. The topological polar surface area (TPSA) is 137 Å². The maximum atomic E-state index is 13.6. The molecule has 3 heterocycles. The van der Waals surface area contributed by atoms with E-state index >= 15 is 0 Å². The van der Waals surface area contributed by atoms with Gasteiger partial charge in [-0.15, -0.1) is 5.10 Å². The van der Waals surface area contributed by atoms with Crippen LogP contribution in [-0.4, -0.2) is 37.7 Å². The fraction of sp³-hybridized carbons (Fsp3) is 0.120. The van der Waals surface area contributed by atoms with Crippen LogP contribution in [0.5, 0.6) is 5.75 Å². The standard InChI is InChI=1S/C25H21N7O4/c1-15-21(24(33)28-18-7-3-4-9-20(18)36-2)22(19-8-5-6-14-26-19)31-25(27-15)29-23(30-31)16-10-12-17(13-11-16)32(34)35/h3-14,22H,1-2H3,(H,28,33)(H,27,29,30). The first-order valence-corrected chi connectivity index (χ1v) is 11.0. The molecule has 1 aliphatic rings. The van der Waals surface area contributed by atoms with Crippen LogP contribution in [0.2, 0.25) is 0 Å². The smallest absolute Gasteiger partial charge is 0.269 e. The zero-order chi connectivity index (χ0) is 25.2. The van der Waals surface area contributed by atoms with Crippen LogP contribution in [0, 0.1) is 10.1 Å². The van der Waals surface area contributed by atoms with E-state index < -0.39 is 11.0 Å². The highest BCUT2D eigenvalue weighted by atomic mass is 16.6. The quantitative estimate of drug-likeness (QED) is 0.308. The van der Waals surface area contributed by atoms with Crippen molar-refractivity contribution in [3.05, 3.63) is 100 Å². The van der Waals surface area contributed by atoms with E-state index in [1.165, 1.54) is 19.2 Å². The Bertz CT molecular complexity index is 1480. The molecule has 0 aliphatic carbocycles. The minimum Gasteiger partial charge on any atom is -0.495 e. The molecule has 0 fully saturated rings. The second-order valence-corrected chi connectivity index (χ2v) is 7.98. The summed E-state index contributed by atoms with van der Waals surface area (Å²) < 4.78 is 6.98. The molecule has 5 rings (SSSR count). The molecule has 2 aromatic carbocycles. The Kier molecular flexibility index (Phi) is 5.87. The monoisotopic (exact) mass is 483 g/mol. The lowest BCUT2D eigenvalue weighted by molar-refractivity contribution is -0.384. The molecule has 0 radical (unpaired) electrons. The lowest BCUT2D eigenvalue weighted by Crippen LogP contribution is -2.32. The summed E-state index contributed by atoms with van der Waals surface area (Å²) in [5.74, 6) is 0.959. The summed E-state index contributed by atoms with van der Waals surface area (Å²) in [6.45, 7) is 1.79. The van der Waals surface area contributed by atoms with E-state index in [1.807, 2.05) is 18.2 Å². The number of nitro groups is 1. The van der Waals surface area contributed by atoms with Gasteiger partial charge in [-0.05, 0) is 43.3 Å². The van der Waals surface area contributed by atoms with E-state index in [-0.39, 0.29) is 11.6 Å². The first kappa shape index (κ1) is 22.7. The summed E-state index contributed by atoms with van der Waals surface area (Å²) in [5.41, 5.74) is 2.70. The van der Waals surface area contributed by atoms with Crippen LogP contribution < -0.4 is 15.4 Å². The van der Waals surface area contributed by atoms with Crippen molar-refractivity contribution in [2.45, 2.75) is 13.0 Å². The number of ether oxygens (including phenoxy) is 1. The van der Waals surface area contributed by atoms with Crippen LogP contribution in [-0.2, 0) is 4.79 Å². The molecule has 11 nitrogen and oxygen atoms in total. The molecular formula is C25H21N7O4. The highest BCUT2D eigenvalue weighted by molar-refractivity contribution is 6.06. The van der Waals surface area contributed by atoms with Gasteiger partial charge < -0.3 is 15.4 Å². The van der Waals surface area contributed by atoms with Crippen LogP contribution in [0.15, 0.2) is 84.2 Å². The van der Waals surface area contributed by atoms with Gasteiger partial charge in [-0.1, -0.05) is 18.2 Å². The third-order valence-corrected chi connectivity index (χ3v) is 5.76. The van der Waals surface area contributed by atoms with E-state index in [1.54, 1.807) is 54.2 Å². The number of aromatic nitrogens is 4. The third-order valence-electron chi connectivity index (χ3n) is 5.76. The Labute approximate surface area is 205 Å². The van der Waals surface area contributed by atoms with Gasteiger partial charge in [-0.2, -0.15) is 4.98 Å². The molecule has 0 saturated heterocycles. The molecule has 0 saturated carbocycles. The molecule has 1 amide bonds. The summed E-state index contributed by atoms with van der Waals surface area (Å²) in [6.07, 6.45) is 1.65. The predicted molar refractivity (Wildman–Crippen MR) is 132 cm³/mol. The number of amides is 1. The first-order valence-electron chi connectivity index (χ1n) is 11.0. The molecule has 1 aliphatic heterocycles. The number of methoxy groups -OCH3 is 1. The normalized spacial score (nSPS) is 14.6. The Balaban J connectivity index is 1.56. The minimum absolute atomic E-state index is 0.0278. The Morgan fingerprint density at radius 1 is 1.11 bits per heavy atom. The van der Waals surface area contributed by atoms with Gasteiger partial charge in [0.25, 0.3) is 11.6 Å². The van der Waals surface area contributed by atoms with Crippen molar-refractivity contribution in [2.24, 2.45) is 0 Å². The lowest BCUT2D eigenvalue weighted by Gasteiger charge is -2.28. The van der Waals surface area contributed by atoms with Crippen molar-refractivity contribution in [3.63, 3.8) is 0 Å². The number of hydrogen-bond donors (Lipinski definition) is 2. The summed E-state index contributed by atoms with van der Waals surface area (Å²) in [5, 5.41) is 21.8. The Morgan fingerprint density at radius 2 is 1.86 bits per heavy atom. The van der Waals surface area contributed by atoms with E-state index in [4.69, 9.17) is 4.74 Å². The fourth-order valence-electron chi connectivity index (χ4n) is 4.05. The van der Waals surface area contributed by atoms with E-state index in [9.17, 15) is 14.9 Å². The average molecular weight is 483 g/mol. The molecule has 4 aromatic rings. The number of pyridine rings is 1. The van der Waals surface area contributed by atoms with Crippen molar-refractivity contribution in [1.82, 2.24) is 19.7 Å². The summed E-state index contributed by atoms with van der Waals surface area (Å²) in [7, 11) is 1.54. The highest BCUT2D eigenvalue weighted by Crippen LogP contribution is 2.36. The highest BCUT2D eigenvalue weighted by Gasteiger charge is 2.35. The molecule has 0 bridgehead atoms. The van der Waals surface area contributed by atoms with Crippen molar-refractivity contribution in [2.75, 3.05) is 17.7 Å². The number of fused-ring (bicyclic) bond motifs is 1. The molecule has 11 heteroatoms. The predicted octanol–water partition coefficient (Wildman–Crippen LogP) is 4.18. The van der Waals surface area contributed by atoms with E-state index in [2.05, 4.69) is 25.7 Å². The van der Waals surface area contributed by atoms with Gasteiger partial charge in [0.05, 0.1) is 29.0 Å². The SMILES string of the molecule is COc1ccccc1NC(=O)C1=C(C)Nc2nc(-c3ccc([N+](=O)[O-])cc3)nn2C1c1ccccn1. The molecule has 2 aromatic heterocycles. The van der Waals surface area contributed by atoms with Crippen molar-refractivity contribution in [3.8, 4) is 17.1 Å². The van der Waals surface area contributed by atoms with Gasteiger partial charge in [-0.25, -0.2) is 4.68 Å². The van der Waals surface area contributed by atoms with Crippen LogP contribution in [0.1, 0.15) is 18.7 Å². The first-order chi connectivity index (χ1) is 17.5. The number of anilines is 2. The summed E-state index contributed by atoms with van der Waals surface area (Å²) >= 11 is 0. The molecule has 1 atom stereocenters. The van der Waals surface area contributed by atoms with Gasteiger partial charge in [-0.3, -0.25) is 19.9 Å². The Morgan fingerprint density at radius 3 is 2.56 bits per heavy atom. The van der Waals surface area contributed by atoms with Gasteiger partial charge in [0.2, 0.25) is 5.95 Å². The average Bonchev–Trinajstić information content (AvgIpc) is 3.32. The van der Waals surface area contributed by atoms with Gasteiger partial charge >= 0.3 is 0 Å². The zero-order valence-electron chi connectivity index (χ0n) is 19.4. The summed E-state index contributed by atoms with van der Waals surface area (Å²) in [6, 6.07) is 17.9. The summed E-state index contributed by atoms with van der Waals surface area (Å²) in [4.78, 5) is 33.2. The van der Waals surface area contributed by atoms with Gasteiger partial charge in [0, 0.05) is 29.6 Å². The number of rotatable bonds is 6. The van der Waals surface area contributed by atoms with Crippen molar-refractivity contribution in [1.29, 1.82) is 0 Å². The second kappa shape index (κ2) is 9.29. The number of carbonyl (C=O) groups is 1. The number of carbonyl (C=O) groups excluding carboxylic acids is 1. The van der Waals surface area contributed by atoms with Crippen LogP contribution in [0.4, 0.5) is 17.3 Å². The maximum absolute atomic E-state index is 13.6. The van der Waals surface area contributed by atoms with E-state index in [0.717, 1.165) is 0 Å². The van der Waals surface area contributed by atoms with Crippen molar-refractivity contribution < 1.29 is 14.5 Å². The number of para-hydroxylation sites is 2. The van der Waals surface area contributed by atoms with Crippen LogP contribution >= 0.6 is 0 Å². The number of hydrogen-bond acceptors (Lipinski definition) is 8. The van der Waals surface area contributed by atoms with E-state index in [0.29, 0.717) is 45.7 Å². The molecule has 0 spiro atoms. The van der Waals surface area contributed by atoms with Crippen molar-refractivity contribution >= 4 is 23.2 Å². The number of non-ortho nitro benzene ring substituents is 1. The molecule has 2 N–H and O–H groups in total. The number of nitrogens with one attached hydrogen (secondary N) is 2. The Hall–Kier alpha value is -5.06. The second-order valence-electron chi connectivity index (χ2n) is 7.98.